The van der Waals surface area contributed by atoms with Gasteiger partial charge < -0.3 is 10.3 Å². The smallest absolute Gasteiger partial charge is 0.253 e. The van der Waals surface area contributed by atoms with E-state index >= 15 is 0 Å². The van der Waals surface area contributed by atoms with E-state index in [1.807, 2.05) is 19.2 Å². The number of H-pyrrole nitrogens is 1. The summed E-state index contributed by atoms with van der Waals surface area (Å²) in [5, 5.41) is 8.62. The lowest BCUT2D eigenvalue weighted by Crippen LogP contribution is -2.27. The van der Waals surface area contributed by atoms with Crippen molar-refractivity contribution in [2.24, 2.45) is 0 Å². The van der Waals surface area contributed by atoms with Crippen molar-refractivity contribution in [2.75, 3.05) is 0 Å². The van der Waals surface area contributed by atoms with Crippen LogP contribution in [0.5, 0.6) is 0 Å². The Hall–Kier alpha value is -1.69. The van der Waals surface area contributed by atoms with Gasteiger partial charge in [-0.2, -0.15) is 0 Å². The van der Waals surface area contributed by atoms with Crippen LogP contribution in [0.1, 0.15) is 34.7 Å². The van der Waals surface area contributed by atoms with Gasteiger partial charge in [0.15, 0.2) is 0 Å². The molecule has 2 aromatic heterocycles. The van der Waals surface area contributed by atoms with E-state index in [-0.39, 0.29) is 11.9 Å². The van der Waals surface area contributed by atoms with Crippen molar-refractivity contribution in [1.29, 1.82) is 0 Å². The maximum atomic E-state index is 11.9. The second-order valence-corrected chi connectivity index (χ2v) is 4.15. The van der Waals surface area contributed by atoms with E-state index in [0.29, 0.717) is 5.56 Å². The number of rotatable bonds is 3. The minimum atomic E-state index is -0.124. The zero-order chi connectivity index (χ0) is 11.5. The number of hydrogen-bond donors (Lipinski definition) is 2. The molecule has 84 valence electrons. The summed E-state index contributed by atoms with van der Waals surface area (Å²) in [7, 11) is 0. The fourth-order valence-corrected chi connectivity index (χ4v) is 1.96. The SMILES string of the molecule is Cc1[nH]ccc1C(=O)NC(C)c1csnn1. The molecule has 0 saturated carbocycles. The van der Waals surface area contributed by atoms with Gasteiger partial charge in [-0.3, -0.25) is 4.79 Å². The van der Waals surface area contributed by atoms with Gasteiger partial charge in [0.2, 0.25) is 0 Å². The summed E-state index contributed by atoms with van der Waals surface area (Å²) in [5.41, 5.74) is 2.31. The second kappa shape index (κ2) is 4.44. The predicted molar refractivity (Wildman–Crippen MR) is 61.3 cm³/mol. The summed E-state index contributed by atoms with van der Waals surface area (Å²) >= 11 is 1.28. The number of carbonyl (C=O) groups is 1. The number of aromatic nitrogens is 3. The zero-order valence-electron chi connectivity index (χ0n) is 9.02. The molecule has 0 bridgehead atoms. The Labute approximate surface area is 97.1 Å². The van der Waals surface area contributed by atoms with Crippen LogP contribution in [0.3, 0.4) is 0 Å². The Morgan fingerprint density at radius 2 is 2.44 bits per heavy atom. The molecule has 1 unspecified atom stereocenters. The fourth-order valence-electron chi connectivity index (χ4n) is 1.41. The van der Waals surface area contributed by atoms with E-state index in [1.54, 1.807) is 12.3 Å². The first-order valence-corrected chi connectivity index (χ1v) is 5.74. The van der Waals surface area contributed by atoms with Crippen LogP contribution in [0.15, 0.2) is 17.6 Å². The van der Waals surface area contributed by atoms with E-state index in [2.05, 4.69) is 19.9 Å². The standard InChI is InChI=1S/C10H12N4OS/c1-6-8(3-4-11-6)10(15)12-7(2)9-5-16-14-13-9/h3-5,7,11H,1-2H3,(H,12,15). The molecule has 0 spiro atoms. The first-order valence-electron chi connectivity index (χ1n) is 4.90. The first kappa shape index (κ1) is 10.8. The molecule has 2 heterocycles. The molecule has 0 aromatic carbocycles. The van der Waals surface area contributed by atoms with Crippen molar-refractivity contribution in [2.45, 2.75) is 19.9 Å². The van der Waals surface area contributed by atoms with Crippen molar-refractivity contribution in [3.8, 4) is 0 Å². The van der Waals surface area contributed by atoms with E-state index in [0.717, 1.165) is 11.4 Å². The molecule has 0 radical (unpaired) electrons. The van der Waals surface area contributed by atoms with E-state index in [1.165, 1.54) is 11.5 Å². The van der Waals surface area contributed by atoms with Gasteiger partial charge in [-0.1, -0.05) is 4.49 Å². The highest BCUT2D eigenvalue weighted by atomic mass is 32.1. The zero-order valence-corrected chi connectivity index (χ0v) is 9.84. The number of amides is 1. The quantitative estimate of drug-likeness (QED) is 0.851. The van der Waals surface area contributed by atoms with Crippen LogP contribution in [0.4, 0.5) is 0 Å². The lowest BCUT2D eigenvalue weighted by molar-refractivity contribution is 0.0938. The van der Waals surface area contributed by atoms with Gasteiger partial charge in [-0.25, -0.2) is 0 Å². The van der Waals surface area contributed by atoms with Crippen LogP contribution >= 0.6 is 11.5 Å². The van der Waals surface area contributed by atoms with Crippen LogP contribution in [0, 0.1) is 6.92 Å². The lowest BCUT2D eigenvalue weighted by Gasteiger charge is -2.10. The molecule has 6 heteroatoms. The minimum Gasteiger partial charge on any atom is -0.365 e. The predicted octanol–water partition coefficient (Wildman–Crippen LogP) is 1.67. The highest BCUT2D eigenvalue weighted by Gasteiger charge is 2.15. The molecular weight excluding hydrogens is 224 g/mol. The Morgan fingerprint density at radius 3 is 3.00 bits per heavy atom. The molecule has 1 atom stereocenters. The van der Waals surface area contributed by atoms with Gasteiger partial charge in [-0.15, -0.1) is 5.10 Å². The summed E-state index contributed by atoms with van der Waals surface area (Å²) in [5.74, 6) is -0.0979. The van der Waals surface area contributed by atoms with Crippen LogP contribution < -0.4 is 5.32 Å². The summed E-state index contributed by atoms with van der Waals surface area (Å²) in [4.78, 5) is 14.8. The summed E-state index contributed by atoms with van der Waals surface area (Å²) in [6.45, 7) is 3.75. The average molecular weight is 236 g/mol. The normalized spacial score (nSPS) is 12.4. The number of carbonyl (C=O) groups excluding carboxylic acids is 1. The van der Waals surface area contributed by atoms with Crippen LogP contribution in [-0.4, -0.2) is 20.5 Å². The number of nitrogens with one attached hydrogen (secondary N) is 2. The van der Waals surface area contributed by atoms with Gasteiger partial charge in [0.25, 0.3) is 5.91 Å². The van der Waals surface area contributed by atoms with Crippen molar-refractivity contribution in [1.82, 2.24) is 19.9 Å². The largest absolute Gasteiger partial charge is 0.365 e. The summed E-state index contributed by atoms with van der Waals surface area (Å²) < 4.78 is 3.77. The summed E-state index contributed by atoms with van der Waals surface area (Å²) in [6.07, 6.45) is 1.75. The monoisotopic (exact) mass is 236 g/mol. The Morgan fingerprint density at radius 1 is 1.62 bits per heavy atom. The Kier molecular flexibility index (Phi) is 3.00. The molecule has 0 fully saturated rings. The molecule has 1 amide bonds. The van der Waals surface area contributed by atoms with Crippen LogP contribution in [0.25, 0.3) is 0 Å². The molecule has 0 aliphatic carbocycles. The number of nitrogens with zero attached hydrogens (tertiary/aromatic N) is 2. The number of aromatic amines is 1. The van der Waals surface area contributed by atoms with E-state index in [4.69, 9.17) is 0 Å². The Bertz CT molecular complexity index is 477. The van der Waals surface area contributed by atoms with Crippen LogP contribution in [-0.2, 0) is 0 Å². The maximum absolute atomic E-state index is 11.9. The van der Waals surface area contributed by atoms with Crippen molar-refractivity contribution in [3.63, 3.8) is 0 Å². The highest BCUT2D eigenvalue weighted by Crippen LogP contribution is 2.12. The molecule has 2 N–H and O–H groups in total. The van der Waals surface area contributed by atoms with E-state index in [9.17, 15) is 4.79 Å². The molecule has 5 nitrogen and oxygen atoms in total. The van der Waals surface area contributed by atoms with E-state index < -0.39 is 0 Å². The van der Waals surface area contributed by atoms with Gasteiger partial charge in [0.05, 0.1) is 17.3 Å². The minimum absolute atomic E-state index is 0.0979. The lowest BCUT2D eigenvalue weighted by atomic mass is 10.2. The molecule has 2 aromatic rings. The Balaban J connectivity index is 2.06. The van der Waals surface area contributed by atoms with Crippen LogP contribution in [0.2, 0.25) is 0 Å². The first-order chi connectivity index (χ1) is 7.68. The number of hydrogen-bond acceptors (Lipinski definition) is 4. The average Bonchev–Trinajstić information content (AvgIpc) is 2.86. The maximum Gasteiger partial charge on any atom is 0.253 e. The van der Waals surface area contributed by atoms with Crippen molar-refractivity contribution < 1.29 is 4.79 Å². The molecule has 0 saturated heterocycles. The van der Waals surface area contributed by atoms with Gasteiger partial charge in [-0.05, 0) is 31.4 Å². The third kappa shape index (κ3) is 2.11. The molecule has 0 aliphatic rings. The topological polar surface area (TPSA) is 70.7 Å². The third-order valence-corrected chi connectivity index (χ3v) is 2.89. The third-order valence-electron chi connectivity index (χ3n) is 2.37. The fraction of sp³-hybridized carbons (Fsp3) is 0.300. The molecule has 0 aliphatic heterocycles. The highest BCUT2D eigenvalue weighted by molar-refractivity contribution is 7.03. The van der Waals surface area contributed by atoms with Crippen molar-refractivity contribution in [3.05, 3.63) is 34.6 Å². The number of aryl methyl sites for hydroxylation is 1. The summed E-state index contributed by atoms with van der Waals surface area (Å²) in [6, 6.07) is 1.64. The molecular formula is C10H12N4OS. The van der Waals surface area contributed by atoms with Gasteiger partial charge in [0.1, 0.15) is 0 Å². The van der Waals surface area contributed by atoms with Gasteiger partial charge in [0, 0.05) is 17.3 Å². The molecule has 2 rings (SSSR count). The molecule has 16 heavy (non-hydrogen) atoms. The second-order valence-electron chi connectivity index (χ2n) is 3.54. The van der Waals surface area contributed by atoms with Gasteiger partial charge >= 0.3 is 0 Å². The van der Waals surface area contributed by atoms with Crippen molar-refractivity contribution >= 4 is 17.4 Å².